The van der Waals surface area contributed by atoms with Crippen LogP contribution < -0.4 is 4.65 Å². The van der Waals surface area contributed by atoms with Gasteiger partial charge in [0.1, 0.15) is 5.69 Å². The largest absolute Gasteiger partial charge is 0.628 e. The Morgan fingerprint density at radius 3 is 2.17 bits per heavy atom. The highest BCUT2D eigenvalue weighted by atomic mass is 16.5. The third kappa shape index (κ3) is 1.84. The highest BCUT2D eigenvalue weighted by Gasteiger charge is 2.09. The van der Waals surface area contributed by atoms with E-state index < -0.39 is 0 Å². The Morgan fingerprint density at radius 1 is 1.25 bits per heavy atom. The minimum atomic E-state index is -0.291. The molecule has 0 aromatic heterocycles. The molecule has 2 heteroatoms. The second kappa shape index (κ2) is 3.25. The van der Waals surface area contributed by atoms with Crippen LogP contribution in [-0.4, -0.2) is 13.6 Å². The lowest BCUT2D eigenvalue weighted by atomic mass is 10.2. The monoisotopic (exact) mass is 165 g/mol. The van der Waals surface area contributed by atoms with Gasteiger partial charge < -0.3 is 9.85 Å². The van der Waals surface area contributed by atoms with Crippen molar-refractivity contribution in [1.29, 1.82) is 0 Å². The van der Waals surface area contributed by atoms with E-state index in [1.54, 1.807) is 7.05 Å². The molecule has 0 saturated heterocycles. The number of benzene rings is 1. The Labute approximate surface area is 73.6 Å². The van der Waals surface area contributed by atoms with Crippen LogP contribution in [-0.2, 0) is 0 Å². The van der Waals surface area contributed by atoms with Gasteiger partial charge in [-0.05, 0) is 26.0 Å². The number of hydrogen-bond acceptors (Lipinski definition) is 1. The van der Waals surface area contributed by atoms with Crippen LogP contribution in [0.2, 0.25) is 0 Å². The predicted octanol–water partition coefficient (Wildman–Crippen LogP) is 2.45. The average Bonchev–Trinajstić information content (AvgIpc) is 2.05. The van der Waals surface area contributed by atoms with Gasteiger partial charge in [-0.2, -0.15) is 0 Å². The molecule has 12 heavy (non-hydrogen) atoms. The second-order valence-corrected chi connectivity index (χ2v) is 3.25. The summed E-state index contributed by atoms with van der Waals surface area (Å²) >= 11 is 0. The van der Waals surface area contributed by atoms with Crippen molar-refractivity contribution >= 4 is 5.69 Å². The number of aryl methyl sites for hydroxylation is 1. The smallest absolute Gasteiger partial charge is 0.132 e. The maximum atomic E-state index is 11.7. The molecule has 0 fully saturated rings. The van der Waals surface area contributed by atoms with E-state index in [9.17, 15) is 5.21 Å². The topological polar surface area (TPSA) is 23.1 Å². The fourth-order valence-corrected chi connectivity index (χ4v) is 1.04. The van der Waals surface area contributed by atoms with Crippen LogP contribution in [0.4, 0.5) is 5.69 Å². The predicted molar refractivity (Wildman–Crippen MR) is 52.8 cm³/mol. The summed E-state index contributed by atoms with van der Waals surface area (Å²) in [5.74, 6) is 0. The van der Waals surface area contributed by atoms with Gasteiger partial charge in [0.25, 0.3) is 0 Å². The fraction of sp³-hybridized carbons (Fsp3) is 0.400. The Balaban J connectivity index is 2.96. The van der Waals surface area contributed by atoms with Crippen molar-refractivity contribution < 1.29 is 0 Å². The standard InChI is InChI=1S/C10H15NO/c1-4-11(3,12)10-7-5-9(2)6-8-10/h5-8H,4H2,1-3H3/t11-/m0/s1. The van der Waals surface area contributed by atoms with Crippen molar-refractivity contribution in [3.63, 3.8) is 0 Å². The zero-order valence-electron chi connectivity index (χ0n) is 7.87. The van der Waals surface area contributed by atoms with Crippen LogP contribution in [0, 0.1) is 12.1 Å². The van der Waals surface area contributed by atoms with E-state index in [4.69, 9.17) is 0 Å². The van der Waals surface area contributed by atoms with E-state index in [1.165, 1.54) is 5.56 Å². The molecule has 0 bridgehead atoms. The van der Waals surface area contributed by atoms with Crippen LogP contribution in [0.1, 0.15) is 12.5 Å². The van der Waals surface area contributed by atoms with Gasteiger partial charge in [0.05, 0.1) is 13.6 Å². The van der Waals surface area contributed by atoms with Gasteiger partial charge in [-0.3, -0.25) is 0 Å². The van der Waals surface area contributed by atoms with Crippen LogP contribution in [0.3, 0.4) is 0 Å². The SMILES string of the molecule is CC[N@+](C)([O-])c1ccc(C)cc1. The summed E-state index contributed by atoms with van der Waals surface area (Å²) in [6, 6.07) is 7.73. The highest BCUT2D eigenvalue weighted by molar-refractivity contribution is 5.44. The fourth-order valence-electron chi connectivity index (χ4n) is 1.04. The zero-order valence-corrected chi connectivity index (χ0v) is 7.87. The molecule has 0 aliphatic heterocycles. The van der Waals surface area contributed by atoms with Gasteiger partial charge >= 0.3 is 0 Å². The lowest BCUT2D eigenvalue weighted by Gasteiger charge is -2.36. The first-order chi connectivity index (χ1) is 5.56. The summed E-state index contributed by atoms with van der Waals surface area (Å²) in [5.41, 5.74) is 2.01. The Kier molecular flexibility index (Phi) is 2.50. The lowest BCUT2D eigenvalue weighted by molar-refractivity contribution is 0.470. The van der Waals surface area contributed by atoms with Crippen molar-refractivity contribution in [3.05, 3.63) is 35.0 Å². The minimum Gasteiger partial charge on any atom is -0.628 e. The second-order valence-electron chi connectivity index (χ2n) is 3.25. The van der Waals surface area contributed by atoms with E-state index in [0.717, 1.165) is 5.69 Å². The van der Waals surface area contributed by atoms with Crippen molar-refractivity contribution in [1.82, 2.24) is 4.65 Å². The number of hydroxylamine groups is 2. The minimum absolute atomic E-state index is 0.291. The number of nitrogens with zero attached hydrogens (tertiary/aromatic N) is 1. The quantitative estimate of drug-likeness (QED) is 0.487. The Hall–Kier alpha value is -0.860. The summed E-state index contributed by atoms with van der Waals surface area (Å²) in [4.78, 5) is 0. The highest BCUT2D eigenvalue weighted by Crippen LogP contribution is 2.19. The van der Waals surface area contributed by atoms with E-state index >= 15 is 0 Å². The molecule has 0 N–H and O–H groups in total. The van der Waals surface area contributed by atoms with Crippen LogP contribution in [0.5, 0.6) is 0 Å². The molecule has 66 valence electrons. The van der Waals surface area contributed by atoms with Crippen molar-refractivity contribution in [3.8, 4) is 0 Å². The maximum absolute atomic E-state index is 11.7. The molecule has 0 radical (unpaired) electrons. The summed E-state index contributed by atoms with van der Waals surface area (Å²) in [6.45, 7) is 4.49. The van der Waals surface area contributed by atoms with Gasteiger partial charge in [0.2, 0.25) is 0 Å². The molecular formula is C10H15NO. The summed E-state index contributed by atoms with van der Waals surface area (Å²) in [7, 11) is 1.67. The molecule has 0 heterocycles. The van der Waals surface area contributed by atoms with E-state index in [2.05, 4.69) is 0 Å². The van der Waals surface area contributed by atoms with Crippen LogP contribution in [0.25, 0.3) is 0 Å². The summed E-state index contributed by atoms with van der Waals surface area (Å²) in [5, 5.41) is 11.7. The van der Waals surface area contributed by atoms with Gasteiger partial charge in [-0.25, -0.2) is 0 Å². The molecule has 0 amide bonds. The molecule has 0 aliphatic carbocycles. The van der Waals surface area contributed by atoms with Crippen molar-refractivity contribution in [2.24, 2.45) is 0 Å². The van der Waals surface area contributed by atoms with Crippen molar-refractivity contribution in [2.75, 3.05) is 13.6 Å². The lowest BCUT2D eigenvalue weighted by Crippen LogP contribution is -2.37. The van der Waals surface area contributed by atoms with Crippen molar-refractivity contribution in [2.45, 2.75) is 13.8 Å². The van der Waals surface area contributed by atoms with E-state index in [1.807, 2.05) is 38.1 Å². The number of hydrogen-bond donors (Lipinski definition) is 0. The molecule has 0 aliphatic rings. The molecule has 1 aromatic carbocycles. The number of rotatable bonds is 2. The van der Waals surface area contributed by atoms with Gasteiger partial charge in [0.15, 0.2) is 0 Å². The molecule has 1 atom stereocenters. The zero-order chi connectivity index (χ0) is 9.19. The molecule has 0 saturated carbocycles. The molecule has 1 aromatic rings. The summed E-state index contributed by atoms with van der Waals surface area (Å²) < 4.78 is -0.291. The first kappa shape index (κ1) is 9.23. The van der Waals surface area contributed by atoms with E-state index in [0.29, 0.717) is 6.54 Å². The first-order valence-corrected chi connectivity index (χ1v) is 4.20. The molecule has 0 unspecified atom stereocenters. The molecule has 2 nitrogen and oxygen atoms in total. The van der Waals surface area contributed by atoms with Gasteiger partial charge in [-0.15, -0.1) is 0 Å². The Morgan fingerprint density at radius 2 is 1.75 bits per heavy atom. The van der Waals surface area contributed by atoms with Gasteiger partial charge in [0, 0.05) is 0 Å². The van der Waals surface area contributed by atoms with Gasteiger partial charge in [-0.1, -0.05) is 17.7 Å². The average molecular weight is 165 g/mol. The first-order valence-electron chi connectivity index (χ1n) is 4.20. The normalized spacial score (nSPS) is 15.7. The third-order valence-corrected chi connectivity index (χ3v) is 2.18. The maximum Gasteiger partial charge on any atom is 0.132 e. The summed E-state index contributed by atoms with van der Waals surface area (Å²) in [6.07, 6.45) is 0. The Bertz CT molecular complexity index is 251. The molecular weight excluding hydrogens is 150 g/mol. The number of quaternary nitrogens is 1. The third-order valence-electron chi connectivity index (χ3n) is 2.18. The van der Waals surface area contributed by atoms with Crippen LogP contribution in [0.15, 0.2) is 24.3 Å². The molecule has 1 rings (SSSR count). The molecule has 0 spiro atoms. The van der Waals surface area contributed by atoms with E-state index in [-0.39, 0.29) is 4.65 Å². The van der Waals surface area contributed by atoms with Crippen LogP contribution >= 0.6 is 0 Å².